The van der Waals surface area contributed by atoms with Gasteiger partial charge in [0.25, 0.3) is 11.7 Å². The van der Waals surface area contributed by atoms with Crippen molar-refractivity contribution in [2.75, 3.05) is 20.8 Å². The maximum Gasteiger partial charge on any atom is 0.295 e. The Morgan fingerprint density at radius 1 is 1.03 bits per heavy atom. The Morgan fingerprint density at radius 2 is 1.73 bits per heavy atom. The third-order valence-corrected chi connectivity index (χ3v) is 6.12. The number of carbonyl (C=O) groups excluding carboxylic acids is 2. The second kappa shape index (κ2) is 10.6. The van der Waals surface area contributed by atoms with Gasteiger partial charge in [-0.3, -0.25) is 9.59 Å². The lowest BCUT2D eigenvalue weighted by atomic mass is 9.93. The number of nitrogens with zero attached hydrogens (tertiary/aromatic N) is 1. The maximum absolute atomic E-state index is 13.2. The van der Waals surface area contributed by atoms with Crippen LogP contribution < -0.4 is 9.47 Å². The van der Waals surface area contributed by atoms with Crippen molar-refractivity contribution in [2.45, 2.75) is 52.0 Å². The molecule has 33 heavy (non-hydrogen) atoms. The summed E-state index contributed by atoms with van der Waals surface area (Å²) in [6, 6.07) is 12.2. The van der Waals surface area contributed by atoms with Gasteiger partial charge in [0.15, 0.2) is 0 Å². The molecule has 1 aliphatic heterocycles. The van der Waals surface area contributed by atoms with Crippen LogP contribution in [0.3, 0.4) is 0 Å². The summed E-state index contributed by atoms with van der Waals surface area (Å²) >= 11 is 0. The highest BCUT2D eigenvalue weighted by atomic mass is 16.5. The Hall–Kier alpha value is -3.28. The van der Waals surface area contributed by atoms with Crippen LogP contribution in [0.1, 0.15) is 68.7 Å². The highest BCUT2D eigenvalue weighted by molar-refractivity contribution is 6.46. The zero-order valence-corrected chi connectivity index (χ0v) is 20.1. The number of benzene rings is 2. The van der Waals surface area contributed by atoms with Gasteiger partial charge in [-0.25, -0.2) is 0 Å². The largest absolute Gasteiger partial charge is 0.507 e. The summed E-state index contributed by atoms with van der Waals surface area (Å²) in [6.45, 7) is 6.76. The van der Waals surface area contributed by atoms with E-state index < -0.39 is 17.7 Å². The summed E-state index contributed by atoms with van der Waals surface area (Å²) in [6.07, 6.45) is 2.73. The van der Waals surface area contributed by atoms with Crippen molar-refractivity contribution < 1.29 is 24.2 Å². The summed E-state index contributed by atoms with van der Waals surface area (Å²) in [4.78, 5) is 27.8. The Balaban J connectivity index is 2.18. The zero-order valence-electron chi connectivity index (χ0n) is 20.1. The highest BCUT2D eigenvalue weighted by Gasteiger charge is 2.46. The van der Waals surface area contributed by atoms with Crippen molar-refractivity contribution >= 4 is 17.4 Å². The van der Waals surface area contributed by atoms with Gasteiger partial charge in [-0.05, 0) is 41.7 Å². The summed E-state index contributed by atoms with van der Waals surface area (Å²) < 4.78 is 10.7. The quantitative estimate of drug-likeness (QED) is 0.238. The van der Waals surface area contributed by atoms with E-state index in [1.807, 2.05) is 24.3 Å². The van der Waals surface area contributed by atoms with E-state index in [1.54, 1.807) is 23.1 Å². The SMILES string of the molecule is CCCCCN1C(=O)C(=O)/C(=C(/O)c2cc(OC)ccc2OC)C1c1ccc(C(C)C)cc1. The van der Waals surface area contributed by atoms with Crippen LogP contribution in [0.2, 0.25) is 0 Å². The fourth-order valence-corrected chi connectivity index (χ4v) is 4.20. The Morgan fingerprint density at radius 3 is 2.30 bits per heavy atom. The van der Waals surface area contributed by atoms with Gasteiger partial charge >= 0.3 is 0 Å². The lowest BCUT2D eigenvalue weighted by molar-refractivity contribution is -0.139. The van der Waals surface area contributed by atoms with Crippen LogP contribution >= 0.6 is 0 Å². The number of ether oxygens (including phenoxy) is 2. The molecule has 0 radical (unpaired) electrons. The van der Waals surface area contributed by atoms with E-state index in [9.17, 15) is 14.7 Å². The summed E-state index contributed by atoms with van der Waals surface area (Å²) in [5, 5.41) is 11.3. The molecule has 1 amide bonds. The Labute approximate surface area is 195 Å². The molecule has 1 N–H and O–H groups in total. The smallest absolute Gasteiger partial charge is 0.295 e. The third-order valence-electron chi connectivity index (χ3n) is 6.12. The number of Topliss-reactive ketones (excluding diaryl/α,β-unsaturated/α-hetero) is 1. The second-order valence-electron chi connectivity index (χ2n) is 8.59. The molecule has 3 rings (SSSR count). The minimum Gasteiger partial charge on any atom is -0.507 e. The van der Waals surface area contributed by atoms with Crippen molar-refractivity contribution in [3.63, 3.8) is 0 Å². The molecule has 0 aromatic heterocycles. The molecule has 1 saturated heterocycles. The number of hydrogen-bond donors (Lipinski definition) is 1. The van der Waals surface area contributed by atoms with Crippen molar-refractivity contribution in [3.05, 3.63) is 64.7 Å². The van der Waals surface area contributed by atoms with Crippen molar-refractivity contribution in [1.29, 1.82) is 0 Å². The molecule has 1 atom stereocenters. The van der Waals surface area contributed by atoms with Crippen LogP contribution in [0.4, 0.5) is 0 Å². The molecular formula is C27H33NO5. The molecule has 2 aromatic rings. The molecule has 0 saturated carbocycles. The van der Waals surface area contributed by atoms with E-state index in [1.165, 1.54) is 14.2 Å². The molecule has 6 nitrogen and oxygen atoms in total. The molecule has 2 aromatic carbocycles. The lowest BCUT2D eigenvalue weighted by Gasteiger charge is -2.26. The minimum atomic E-state index is -0.688. The molecule has 1 aliphatic rings. The molecule has 0 bridgehead atoms. The number of amides is 1. The van der Waals surface area contributed by atoms with Gasteiger partial charge in [0, 0.05) is 6.54 Å². The van der Waals surface area contributed by atoms with E-state index in [0.717, 1.165) is 30.4 Å². The topological polar surface area (TPSA) is 76.1 Å². The summed E-state index contributed by atoms with van der Waals surface area (Å²) in [5.74, 6) is -0.290. The van der Waals surface area contributed by atoms with Crippen LogP contribution in [0.25, 0.3) is 5.76 Å². The van der Waals surface area contributed by atoms with E-state index >= 15 is 0 Å². The highest BCUT2D eigenvalue weighted by Crippen LogP contribution is 2.42. The van der Waals surface area contributed by atoms with Crippen LogP contribution in [0, 0.1) is 0 Å². The van der Waals surface area contributed by atoms with Crippen molar-refractivity contribution in [1.82, 2.24) is 4.90 Å². The van der Waals surface area contributed by atoms with Crippen LogP contribution in [-0.4, -0.2) is 42.5 Å². The number of ketones is 1. The van der Waals surface area contributed by atoms with Gasteiger partial charge in [0.05, 0.1) is 31.4 Å². The lowest BCUT2D eigenvalue weighted by Crippen LogP contribution is -2.30. The first-order valence-corrected chi connectivity index (χ1v) is 11.4. The molecule has 0 aliphatic carbocycles. The number of unbranched alkanes of at least 4 members (excludes halogenated alkanes) is 2. The Kier molecular flexibility index (Phi) is 7.79. The number of carbonyl (C=O) groups is 2. The minimum absolute atomic E-state index is 0.0698. The fourth-order valence-electron chi connectivity index (χ4n) is 4.20. The van der Waals surface area contributed by atoms with E-state index in [0.29, 0.717) is 29.5 Å². The molecule has 0 spiro atoms. The number of aliphatic hydroxyl groups is 1. The fraction of sp³-hybridized carbons (Fsp3) is 0.407. The zero-order chi connectivity index (χ0) is 24.1. The third kappa shape index (κ3) is 4.90. The maximum atomic E-state index is 13.2. The molecule has 176 valence electrons. The van der Waals surface area contributed by atoms with Gasteiger partial charge < -0.3 is 19.5 Å². The normalized spacial score (nSPS) is 17.6. The number of likely N-dealkylation sites (tertiary alicyclic amines) is 1. The molecule has 1 heterocycles. The van der Waals surface area contributed by atoms with Gasteiger partial charge in [-0.2, -0.15) is 0 Å². The molecule has 6 heteroatoms. The Bertz CT molecular complexity index is 1040. The van der Waals surface area contributed by atoms with E-state index in [-0.39, 0.29) is 11.3 Å². The first-order valence-electron chi connectivity index (χ1n) is 11.4. The van der Waals surface area contributed by atoms with Crippen LogP contribution in [0.5, 0.6) is 11.5 Å². The van der Waals surface area contributed by atoms with Gasteiger partial charge in [0.1, 0.15) is 17.3 Å². The monoisotopic (exact) mass is 451 g/mol. The number of aliphatic hydroxyl groups excluding tert-OH is 1. The standard InChI is InChI=1S/C27H33NO5/c1-6-7-8-15-28-24(19-11-9-18(10-12-19)17(2)3)23(26(30)27(28)31)25(29)21-16-20(32-4)13-14-22(21)33-5/h9-14,16-17,24,29H,6-8,15H2,1-5H3/b25-23+. The van der Waals surface area contributed by atoms with Crippen LogP contribution in [-0.2, 0) is 9.59 Å². The van der Waals surface area contributed by atoms with Gasteiger partial charge in [0.2, 0.25) is 0 Å². The predicted molar refractivity (Wildman–Crippen MR) is 129 cm³/mol. The molecular weight excluding hydrogens is 418 g/mol. The number of rotatable bonds is 9. The number of hydrogen-bond acceptors (Lipinski definition) is 5. The summed E-state index contributed by atoms with van der Waals surface area (Å²) in [5.41, 5.74) is 2.34. The predicted octanol–water partition coefficient (Wildman–Crippen LogP) is 5.44. The van der Waals surface area contributed by atoms with Crippen molar-refractivity contribution in [2.24, 2.45) is 0 Å². The van der Waals surface area contributed by atoms with Gasteiger partial charge in [-0.1, -0.05) is 57.9 Å². The first kappa shape index (κ1) is 24.4. The first-order chi connectivity index (χ1) is 15.8. The summed E-state index contributed by atoms with van der Waals surface area (Å²) in [7, 11) is 3.01. The molecule has 1 fully saturated rings. The van der Waals surface area contributed by atoms with E-state index in [4.69, 9.17) is 9.47 Å². The van der Waals surface area contributed by atoms with Gasteiger partial charge in [-0.15, -0.1) is 0 Å². The average molecular weight is 452 g/mol. The molecule has 1 unspecified atom stereocenters. The van der Waals surface area contributed by atoms with Crippen molar-refractivity contribution in [3.8, 4) is 11.5 Å². The van der Waals surface area contributed by atoms with E-state index in [2.05, 4.69) is 20.8 Å². The second-order valence-corrected chi connectivity index (χ2v) is 8.59. The van der Waals surface area contributed by atoms with Crippen LogP contribution in [0.15, 0.2) is 48.0 Å². The average Bonchev–Trinajstić information content (AvgIpc) is 3.08. The number of methoxy groups -OCH3 is 2.